The Morgan fingerprint density at radius 1 is 1.24 bits per heavy atom. The Labute approximate surface area is 110 Å². The molecule has 0 aliphatic carbocycles. The maximum absolute atomic E-state index is 6.19. The second-order valence-corrected chi connectivity index (χ2v) is 4.81. The fourth-order valence-electron chi connectivity index (χ4n) is 1.96. The van der Waals surface area contributed by atoms with E-state index in [0.717, 1.165) is 17.1 Å². The predicted octanol–water partition coefficient (Wildman–Crippen LogP) is 3.37. The maximum atomic E-state index is 6.19. The van der Waals surface area contributed by atoms with E-state index in [1.807, 2.05) is 24.3 Å². The summed E-state index contributed by atoms with van der Waals surface area (Å²) in [5.74, 6) is 0.714. The highest BCUT2D eigenvalue weighted by Crippen LogP contribution is 2.22. The van der Waals surface area contributed by atoms with Crippen LogP contribution in [0.4, 0.5) is 0 Å². The minimum atomic E-state index is 0.157. The second-order valence-electron chi connectivity index (χ2n) is 4.40. The smallest absolute Gasteiger partial charge is 0.0459 e. The zero-order valence-electron chi connectivity index (χ0n) is 10.7. The Balaban J connectivity index is 2.63. The van der Waals surface area contributed by atoms with E-state index in [1.165, 1.54) is 12.8 Å². The number of rotatable bonds is 7. The topological polar surface area (TPSA) is 38.0 Å². The third-order valence-corrected chi connectivity index (χ3v) is 3.67. The van der Waals surface area contributed by atoms with Crippen molar-refractivity contribution in [2.24, 2.45) is 11.7 Å². The third-order valence-electron chi connectivity index (χ3n) is 3.32. The molecule has 0 saturated heterocycles. The molecule has 0 saturated carbocycles. The van der Waals surface area contributed by atoms with E-state index in [1.54, 1.807) is 0 Å². The van der Waals surface area contributed by atoms with E-state index in [4.69, 9.17) is 17.3 Å². The lowest BCUT2D eigenvalue weighted by atomic mass is 10.0. The standard InChI is InChI=1S/C14H23ClN2/c1-3-11(4-2)10-17-14(9-16)12-7-5-6-8-13(12)15/h5-8,11,14,17H,3-4,9-10,16H2,1-2H3. The molecule has 0 amide bonds. The lowest BCUT2D eigenvalue weighted by Crippen LogP contribution is -2.32. The van der Waals surface area contributed by atoms with Crippen LogP contribution in [-0.4, -0.2) is 13.1 Å². The van der Waals surface area contributed by atoms with Crippen LogP contribution in [0.25, 0.3) is 0 Å². The highest BCUT2D eigenvalue weighted by Gasteiger charge is 2.13. The summed E-state index contributed by atoms with van der Waals surface area (Å²) in [6.45, 7) is 6.02. The SMILES string of the molecule is CCC(CC)CNC(CN)c1ccccc1Cl. The van der Waals surface area contributed by atoms with Crippen molar-refractivity contribution < 1.29 is 0 Å². The Bertz CT molecular complexity index is 324. The van der Waals surface area contributed by atoms with Gasteiger partial charge in [-0.15, -0.1) is 0 Å². The van der Waals surface area contributed by atoms with Crippen molar-refractivity contribution >= 4 is 11.6 Å². The monoisotopic (exact) mass is 254 g/mol. The van der Waals surface area contributed by atoms with E-state index in [2.05, 4.69) is 19.2 Å². The average Bonchev–Trinajstić information content (AvgIpc) is 2.36. The molecule has 2 nitrogen and oxygen atoms in total. The van der Waals surface area contributed by atoms with Crippen LogP contribution in [0.3, 0.4) is 0 Å². The van der Waals surface area contributed by atoms with Gasteiger partial charge in [0.2, 0.25) is 0 Å². The minimum Gasteiger partial charge on any atom is -0.329 e. The molecule has 3 heteroatoms. The van der Waals surface area contributed by atoms with Crippen LogP contribution in [-0.2, 0) is 0 Å². The van der Waals surface area contributed by atoms with E-state index in [0.29, 0.717) is 12.5 Å². The number of halogens is 1. The number of hydrogen-bond donors (Lipinski definition) is 2. The Morgan fingerprint density at radius 2 is 1.88 bits per heavy atom. The highest BCUT2D eigenvalue weighted by molar-refractivity contribution is 6.31. The molecule has 96 valence electrons. The molecule has 3 N–H and O–H groups in total. The van der Waals surface area contributed by atoms with E-state index in [9.17, 15) is 0 Å². The Hall–Kier alpha value is -0.570. The van der Waals surface area contributed by atoms with Crippen LogP contribution in [0.5, 0.6) is 0 Å². The largest absolute Gasteiger partial charge is 0.329 e. The Kier molecular flexibility index (Phi) is 6.56. The molecular weight excluding hydrogens is 232 g/mol. The van der Waals surface area contributed by atoms with Gasteiger partial charge in [-0.2, -0.15) is 0 Å². The quantitative estimate of drug-likeness (QED) is 0.783. The van der Waals surface area contributed by atoms with Crippen LogP contribution < -0.4 is 11.1 Å². The van der Waals surface area contributed by atoms with Gasteiger partial charge in [0.05, 0.1) is 0 Å². The fraction of sp³-hybridized carbons (Fsp3) is 0.571. The van der Waals surface area contributed by atoms with E-state index >= 15 is 0 Å². The van der Waals surface area contributed by atoms with Gasteiger partial charge in [0.15, 0.2) is 0 Å². The summed E-state index contributed by atoms with van der Waals surface area (Å²) >= 11 is 6.19. The molecule has 1 atom stereocenters. The first-order chi connectivity index (χ1) is 8.22. The van der Waals surface area contributed by atoms with Crippen LogP contribution >= 0.6 is 11.6 Å². The van der Waals surface area contributed by atoms with Gasteiger partial charge in [-0.05, 0) is 24.1 Å². The number of nitrogens with one attached hydrogen (secondary N) is 1. The molecule has 0 aromatic heterocycles. The lowest BCUT2D eigenvalue weighted by molar-refractivity contribution is 0.414. The lowest BCUT2D eigenvalue weighted by Gasteiger charge is -2.21. The van der Waals surface area contributed by atoms with Crippen LogP contribution in [0.1, 0.15) is 38.3 Å². The molecular formula is C14H23ClN2. The summed E-state index contributed by atoms with van der Waals surface area (Å²) in [6.07, 6.45) is 2.40. The molecule has 1 rings (SSSR count). The van der Waals surface area contributed by atoms with Crippen molar-refractivity contribution in [1.82, 2.24) is 5.32 Å². The van der Waals surface area contributed by atoms with Crippen molar-refractivity contribution in [1.29, 1.82) is 0 Å². The van der Waals surface area contributed by atoms with Crippen LogP contribution in [0, 0.1) is 5.92 Å². The molecule has 1 aromatic carbocycles. The molecule has 0 heterocycles. The van der Waals surface area contributed by atoms with Gasteiger partial charge in [-0.1, -0.05) is 56.5 Å². The van der Waals surface area contributed by atoms with E-state index in [-0.39, 0.29) is 6.04 Å². The van der Waals surface area contributed by atoms with Gasteiger partial charge in [-0.25, -0.2) is 0 Å². The summed E-state index contributed by atoms with van der Waals surface area (Å²) in [5.41, 5.74) is 6.92. The van der Waals surface area contributed by atoms with Crippen molar-refractivity contribution in [2.45, 2.75) is 32.7 Å². The summed E-state index contributed by atoms with van der Waals surface area (Å²) in [4.78, 5) is 0. The van der Waals surface area contributed by atoms with E-state index < -0.39 is 0 Å². The second kappa shape index (κ2) is 7.70. The summed E-state index contributed by atoms with van der Waals surface area (Å²) in [7, 11) is 0. The fourth-order valence-corrected chi connectivity index (χ4v) is 2.23. The van der Waals surface area contributed by atoms with Crippen LogP contribution in [0.15, 0.2) is 24.3 Å². The van der Waals surface area contributed by atoms with Gasteiger partial charge < -0.3 is 11.1 Å². The van der Waals surface area contributed by atoms with Crippen molar-refractivity contribution in [3.63, 3.8) is 0 Å². The first kappa shape index (κ1) is 14.5. The summed E-state index contributed by atoms with van der Waals surface area (Å²) in [6, 6.07) is 8.06. The van der Waals surface area contributed by atoms with Gasteiger partial charge in [0, 0.05) is 17.6 Å². The van der Waals surface area contributed by atoms with Crippen molar-refractivity contribution in [3.8, 4) is 0 Å². The maximum Gasteiger partial charge on any atom is 0.0459 e. The Morgan fingerprint density at radius 3 is 2.41 bits per heavy atom. The van der Waals surface area contributed by atoms with Gasteiger partial charge >= 0.3 is 0 Å². The zero-order chi connectivity index (χ0) is 12.7. The molecule has 1 unspecified atom stereocenters. The minimum absolute atomic E-state index is 0.157. The van der Waals surface area contributed by atoms with Gasteiger partial charge in [-0.3, -0.25) is 0 Å². The number of benzene rings is 1. The first-order valence-corrected chi connectivity index (χ1v) is 6.78. The molecule has 0 fully saturated rings. The normalized spacial score (nSPS) is 13.0. The summed E-state index contributed by atoms with van der Waals surface area (Å²) < 4.78 is 0. The molecule has 0 aliphatic rings. The van der Waals surface area contributed by atoms with Crippen molar-refractivity contribution in [3.05, 3.63) is 34.9 Å². The molecule has 0 aliphatic heterocycles. The number of hydrogen-bond acceptors (Lipinski definition) is 2. The molecule has 0 radical (unpaired) electrons. The summed E-state index contributed by atoms with van der Waals surface area (Å²) in [5, 5.41) is 4.31. The van der Waals surface area contributed by atoms with Gasteiger partial charge in [0.25, 0.3) is 0 Å². The highest BCUT2D eigenvalue weighted by atomic mass is 35.5. The first-order valence-electron chi connectivity index (χ1n) is 6.40. The molecule has 0 bridgehead atoms. The molecule has 1 aromatic rings. The van der Waals surface area contributed by atoms with Crippen molar-refractivity contribution in [2.75, 3.05) is 13.1 Å². The zero-order valence-corrected chi connectivity index (χ0v) is 11.5. The van der Waals surface area contributed by atoms with Gasteiger partial charge in [0.1, 0.15) is 0 Å². The number of nitrogens with two attached hydrogens (primary N) is 1. The molecule has 17 heavy (non-hydrogen) atoms. The molecule has 0 spiro atoms. The van der Waals surface area contributed by atoms with Crippen LogP contribution in [0.2, 0.25) is 5.02 Å². The average molecular weight is 255 g/mol. The predicted molar refractivity (Wildman–Crippen MR) is 75.3 cm³/mol. The third kappa shape index (κ3) is 4.30.